The molecular weight excluding hydrogens is 441 g/mol. The zero-order chi connectivity index (χ0) is 23.3. The Kier molecular flexibility index (Phi) is 6.46. The average Bonchev–Trinajstić information content (AvgIpc) is 3.23. The molecule has 0 atom stereocenters. The van der Waals surface area contributed by atoms with Crippen LogP contribution in [0.25, 0.3) is 0 Å². The monoisotopic (exact) mass is 461 g/mol. The van der Waals surface area contributed by atoms with Gasteiger partial charge in [0.2, 0.25) is 5.71 Å². The zero-order valence-electron chi connectivity index (χ0n) is 17.4. The number of nitrogen functional groups attached to an aromatic ring is 1. The number of hydrogen-bond donors (Lipinski definition) is 2. The van der Waals surface area contributed by atoms with E-state index >= 15 is 0 Å². The standard InChI is InChI=1S/C25H20FN3O3S/c26-16-32-29-21(23(30)31)20-22(27)33-24(28-20)25(17-10-4-1-5-11-17,18-12-6-2-7-13-18)19-14-8-3-9-15-19/h1-15H,16,27H2,(H,30,31). The van der Waals surface area contributed by atoms with Gasteiger partial charge in [-0.05, 0) is 16.7 Å². The number of halogens is 1. The van der Waals surface area contributed by atoms with E-state index in [2.05, 4.69) is 15.0 Å². The third-order valence-electron chi connectivity index (χ3n) is 5.23. The maximum Gasteiger partial charge on any atom is 0.360 e. The number of aromatic nitrogens is 1. The van der Waals surface area contributed by atoms with E-state index in [1.165, 1.54) is 0 Å². The van der Waals surface area contributed by atoms with Crippen molar-refractivity contribution in [3.05, 3.63) is 118 Å². The fraction of sp³-hybridized carbons (Fsp3) is 0.0800. The van der Waals surface area contributed by atoms with Gasteiger partial charge < -0.3 is 15.7 Å². The summed E-state index contributed by atoms with van der Waals surface area (Å²) in [7, 11) is 0. The van der Waals surface area contributed by atoms with E-state index in [0.29, 0.717) is 5.01 Å². The molecule has 166 valence electrons. The summed E-state index contributed by atoms with van der Waals surface area (Å²) in [4.78, 5) is 20.8. The first-order valence-corrected chi connectivity index (χ1v) is 10.8. The second-order valence-electron chi connectivity index (χ2n) is 7.06. The number of aliphatic carboxylic acids is 1. The Hall–Kier alpha value is -4.04. The Morgan fingerprint density at radius 2 is 1.39 bits per heavy atom. The molecule has 0 spiro atoms. The number of carbonyl (C=O) groups is 1. The number of hydrogen-bond acceptors (Lipinski definition) is 6. The van der Waals surface area contributed by atoms with Crippen molar-refractivity contribution in [3.8, 4) is 0 Å². The Bertz CT molecular complexity index is 1170. The maximum atomic E-state index is 12.5. The van der Waals surface area contributed by atoms with Crippen LogP contribution in [-0.2, 0) is 15.0 Å². The fourth-order valence-electron chi connectivity index (χ4n) is 3.87. The van der Waals surface area contributed by atoms with Crippen molar-refractivity contribution in [3.63, 3.8) is 0 Å². The van der Waals surface area contributed by atoms with Crippen molar-refractivity contribution in [2.24, 2.45) is 5.16 Å². The number of carboxylic acids is 1. The molecule has 0 aliphatic carbocycles. The third-order valence-corrected chi connectivity index (χ3v) is 6.23. The highest BCUT2D eigenvalue weighted by atomic mass is 32.1. The Morgan fingerprint density at radius 3 is 1.79 bits per heavy atom. The highest BCUT2D eigenvalue weighted by Crippen LogP contribution is 2.47. The molecule has 0 fully saturated rings. The van der Waals surface area contributed by atoms with Crippen LogP contribution in [0.5, 0.6) is 0 Å². The summed E-state index contributed by atoms with van der Waals surface area (Å²) in [5, 5.41) is 13.7. The molecular formula is C25H20FN3O3S. The van der Waals surface area contributed by atoms with E-state index in [1.807, 2.05) is 91.0 Å². The lowest BCUT2D eigenvalue weighted by atomic mass is 9.70. The molecule has 4 rings (SSSR count). The van der Waals surface area contributed by atoms with Crippen LogP contribution in [0.4, 0.5) is 9.39 Å². The lowest BCUT2D eigenvalue weighted by Gasteiger charge is -2.34. The Morgan fingerprint density at radius 1 is 0.939 bits per heavy atom. The van der Waals surface area contributed by atoms with Gasteiger partial charge in [0.1, 0.15) is 15.7 Å². The predicted molar refractivity (Wildman–Crippen MR) is 126 cm³/mol. The van der Waals surface area contributed by atoms with Crippen molar-refractivity contribution < 1.29 is 19.1 Å². The average molecular weight is 462 g/mol. The van der Waals surface area contributed by atoms with Crippen LogP contribution >= 0.6 is 11.3 Å². The summed E-state index contributed by atoms with van der Waals surface area (Å²) in [5.74, 6) is -1.42. The normalized spacial score (nSPS) is 11.8. The van der Waals surface area contributed by atoms with Crippen LogP contribution in [0.2, 0.25) is 0 Å². The lowest BCUT2D eigenvalue weighted by Crippen LogP contribution is -2.31. The number of alkyl halides is 1. The minimum absolute atomic E-state index is 0.0666. The molecule has 0 amide bonds. The smallest absolute Gasteiger partial charge is 0.360 e. The molecule has 33 heavy (non-hydrogen) atoms. The van der Waals surface area contributed by atoms with Crippen LogP contribution in [0.1, 0.15) is 27.4 Å². The molecule has 0 unspecified atom stereocenters. The second kappa shape index (κ2) is 9.62. The number of anilines is 1. The molecule has 4 aromatic rings. The molecule has 1 heterocycles. The summed E-state index contributed by atoms with van der Waals surface area (Å²) in [5.41, 5.74) is 7.52. The topological polar surface area (TPSA) is 97.8 Å². The van der Waals surface area contributed by atoms with E-state index in [9.17, 15) is 14.3 Å². The number of nitrogens with zero attached hydrogens (tertiary/aromatic N) is 2. The summed E-state index contributed by atoms with van der Waals surface area (Å²) in [6.07, 6.45) is 0. The van der Waals surface area contributed by atoms with Crippen molar-refractivity contribution in [1.82, 2.24) is 4.98 Å². The number of thiazole rings is 1. The van der Waals surface area contributed by atoms with Gasteiger partial charge in [-0.1, -0.05) is 107 Å². The minimum Gasteiger partial charge on any atom is -0.476 e. The van der Waals surface area contributed by atoms with E-state index in [1.54, 1.807) is 0 Å². The van der Waals surface area contributed by atoms with Crippen LogP contribution in [0.15, 0.2) is 96.2 Å². The van der Waals surface area contributed by atoms with Gasteiger partial charge in [0.05, 0.1) is 5.41 Å². The van der Waals surface area contributed by atoms with Crippen LogP contribution < -0.4 is 5.73 Å². The first kappa shape index (κ1) is 22.2. The second-order valence-corrected chi connectivity index (χ2v) is 8.09. The van der Waals surface area contributed by atoms with Crippen molar-refractivity contribution >= 4 is 28.0 Å². The summed E-state index contributed by atoms with van der Waals surface area (Å²) in [6.45, 7) is -1.27. The molecule has 6 nitrogen and oxygen atoms in total. The molecule has 1 aromatic heterocycles. The number of oxime groups is 1. The summed E-state index contributed by atoms with van der Waals surface area (Å²) < 4.78 is 12.5. The molecule has 0 aliphatic heterocycles. The molecule has 3 aromatic carbocycles. The molecule has 0 bridgehead atoms. The predicted octanol–water partition coefficient (Wildman–Crippen LogP) is 4.84. The van der Waals surface area contributed by atoms with Gasteiger partial charge in [-0.25, -0.2) is 14.2 Å². The van der Waals surface area contributed by atoms with Gasteiger partial charge in [0.25, 0.3) is 6.86 Å². The summed E-state index contributed by atoms with van der Waals surface area (Å²) in [6, 6.07) is 29.4. The van der Waals surface area contributed by atoms with Crippen LogP contribution in [0, 0.1) is 0 Å². The lowest BCUT2D eigenvalue weighted by molar-refractivity contribution is -0.129. The first-order valence-electron chi connectivity index (χ1n) is 10.0. The molecule has 0 saturated heterocycles. The van der Waals surface area contributed by atoms with E-state index < -0.39 is 24.0 Å². The zero-order valence-corrected chi connectivity index (χ0v) is 18.2. The number of rotatable bonds is 8. The highest BCUT2D eigenvalue weighted by molar-refractivity contribution is 7.16. The first-order chi connectivity index (χ1) is 16.1. The molecule has 3 N–H and O–H groups in total. The summed E-state index contributed by atoms with van der Waals surface area (Å²) >= 11 is 1.16. The van der Waals surface area contributed by atoms with Gasteiger partial charge in [-0.3, -0.25) is 0 Å². The van der Waals surface area contributed by atoms with E-state index in [4.69, 9.17) is 5.73 Å². The number of carboxylic acid groups (broad SMARTS) is 1. The van der Waals surface area contributed by atoms with E-state index in [-0.39, 0.29) is 10.7 Å². The molecule has 8 heteroatoms. The molecule has 0 radical (unpaired) electrons. The largest absolute Gasteiger partial charge is 0.476 e. The quantitative estimate of drug-likeness (QED) is 0.222. The SMILES string of the molecule is Nc1sc(C(c2ccccc2)(c2ccccc2)c2ccccc2)nc1C(=NOCF)C(=O)O. The Labute approximate surface area is 193 Å². The number of nitrogens with two attached hydrogens (primary N) is 1. The maximum absolute atomic E-state index is 12.5. The third kappa shape index (κ3) is 4.08. The molecule has 0 saturated carbocycles. The van der Waals surface area contributed by atoms with Gasteiger partial charge in [0, 0.05) is 0 Å². The van der Waals surface area contributed by atoms with Crippen molar-refractivity contribution in [2.75, 3.05) is 12.6 Å². The van der Waals surface area contributed by atoms with Crippen molar-refractivity contribution in [1.29, 1.82) is 0 Å². The van der Waals surface area contributed by atoms with Crippen molar-refractivity contribution in [2.45, 2.75) is 5.41 Å². The molecule has 0 aliphatic rings. The van der Waals surface area contributed by atoms with Gasteiger partial charge >= 0.3 is 5.97 Å². The van der Waals surface area contributed by atoms with Crippen LogP contribution in [-0.4, -0.2) is 28.6 Å². The van der Waals surface area contributed by atoms with Gasteiger partial charge in [0.15, 0.2) is 0 Å². The van der Waals surface area contributed by atoms with E-state index in [0.717, 1.165) is 28.0 Å². The van der Waals surface area contributed by atoms with Crippen LogP contribution in [0.3, 0.4) is 0 Å². The van der Waals surface area contributed by atoms with Gasteiger partial charge in [-0.2, -0.15) is 0 Å². The number of benzene rings is 3. The Balaban J connectivity index is 2.06. The highest BCUT2D eigenvalue weighted by Gasteiger charge is 2.42. The fourth-order valence-corrected chi connectivity index (χ4v) is 4.96. The minimum atomic E-state index is -1.42. The van der Waals surface area contributed by atoms with Gasteiger partial charge in [-0.15, -0.1) is 0 Å².